The van der Waals surface area contributed by atoms with Crippen molar-refractivity contribution in [2.24, 2.45) is 0 Å². The highest BCUT2D eigenvalue weighted by molar-refractivity contribution is 14.1. The Kier molecular flexibility index (Phi) is 7.11. The number of nitrogens with two attached hydrogens (primary N) is 1. The molecule has 220 valence electrons. The predicted octanol–water partition coefficient (Wildman–Crippen LogP) is 5.35. The van der Waals surface area contributed by atoms with Crippen LogP contribution in [-0.2, 0) is 0 Å². The van der Waals surface area contributed by atoms with E-state index in [1.165, 1.54) is 0 Å². The smallest absolute Gasteiger partial charge is 0.319 e. The highest BCUT2D eigenvalue weighted by Crippen LogP contribution is 2.44. The molecule has 3 N–H and O–H groups in total. The molecular weight excluding hydrogens is 675 g/mol. The van der Waals surface area contributed by atoms with E-state index in [1.54, 1.807) is 12.1 Å². The number of nitrogen functional groups attached to an aromatic ring is 1. The summed E-state index contributed by atoms with van der Waals surface area (Å²) in [6.45, 7) is 4.78. The van der Waals surface area contributed by atoms with Crippen LogP contribution in [0.3, 0.4) is 0 Å². The monoisotopic (exact) mass is 705 g/mol. The first kappa shape index (κ1) is 28.3. The molecule has 0 spiro atoms. The van der Waals surface area contributed by atoms with E-state index in [-0.39, 0.29) is 40.0 Å². The van der Waals surface area contributed by atoms with Gasteiger partial charge in [-0.15, -0.1) is 0 Å². The number of nitrogens with zero attached hydrogens (tertiary/aromatic N) is 5. The summed E-state index contributed by atoms with van der Waals surface area (Å²) in [6, 6.07) is 6.22. The summed E-state index contributed by atoms with van der Waals surface area (Å²) in [4.78, 5) is 13.8. The Bertz CT molecular complexity index is 1640. The molecule has 8 nitrogen and oxygen atoms in total. The summed E-state index contributed by atoms with van der Waals surface area (Å²) in [7, 11) is 0. The van der Waals surface area contributed by atoms with Crippen LogP contribution < -0.4 is 20.7 Å². The molecule has 2 bridgehead atoms. The summed E-state index contributed by atoms with van der Waals surface area (Å²) < 4.78 is 38.2. The van der Waals surface area contributed by atoms with E-state index >= 15 is 4.39 Å². The van der Waals surface area contributed by atoms with E-state index in [4.69, 9.17) is 27.1 Å². The van der Waals surface area contributed by atoms with Gasteiger partial charge in [0.05, 0.1) is 21.8 Å². The van der Waals surface area contributed by atoms with Crippen LogP contribution in [0.25, 0.3) is 22.0 Å². The predicted molar refractivity (Wildman–Crippen MR) is 167 cm³/mol. The van der Waals surface area contributed by atoms with Gasteiger partial charge in [-0.25, -0.2) is 8.78 Å². The van der Waals surface area contributed by atoms with Crippen LogP contribution in [0.1, 0.15) is 43.2 Å². The van der Waals surface area contributed by atoms with Crippen LogP contribution in [0.5, 0.6) is 6.01 Å². The van der Waals surface area contributed by atoms with Gasteiger partial charge in [0.1, 0.15) is 30.2 Å². The number of halogens is 4. The van der Waals surface area contributed by atoms with Crippen LogP contribution in [0.4, 0.5) is 20.3 Å². The molecule has 0 saturated carbocycles. The third-order valence-corrected chi connectivity index (χ3v) is 11.1. The molecule has 1 aromatic heterocycles. The van der Waals surface area contributed by atoms with Crippen molar-refractivity contribution >= 4 is 56.6 Å². The van der Waals surface area contributed by atoms with Gasteiger partial charge in [-0.05, 0) is 79.4 Å². The fraction of sp³-hybridized carbons (Fsp3) is 0.500. The van der Waals surface area contributed by atoms with Gasteiger partial charge in [0.2, 0.25) is 0 Å². The van der Waals surface area contributed by atoms with Crippen LogP contribution in [0, 0.1) is 27.6 Å². The van der Waals surface area contributed by atoms with Crippen molar-refractivity contribution in [3.8, 4) is 23.2 Å². The number of anilines is 2. The number of aryl methyl sites for hydroxylation is 1. The minimum Gasteiger partial charge on any atom is -0.461 e. The van der Waals surface area contributed by atoms with Crippen LogP contribution in [0.2, 0.25) is 5.02 Å². The maximum Gasteiger partial charge on any atom is 0.319 e. The first-order valence-electron chi connectivity index (χ1n) is 14.4. The molecule has 4 aliphatic heterocycles. The Morgan fingerprint density at radius 3 is 2.74 bits per heavy atom. The Morgan fingerprint density at radius 1 is 1.24 bits per heavy atom. The molecule has 7 rings (SSSR count). The summed E-state index contributed by atoms with van der Waals surface area (Å²) >= 11 is 8.94. The molecule has 4 atom stereocenters. The van der Waals surface area contributed by atoms with Crippen molar-refractivity contribution in [3.05, 3.63) is 37.7 Å². The third kappa shape index (κ3) is 4.57. The second kappa shape index (κ2) is 10.6. The molecule has 3 aromatic rings. The minimum atomic E-state index is -0.890. The highest BCUT2D eigenvalue weighted by atomic mass is 127. The quantitative estimate of drug-likeness (QED) is 0.271. The number of benzene rings is 2. The lowest BCUT2D eigenvalue weighted by Crippen LogP contribution is -2.51. The van der Waals surface area contributed by atoms with Crippen molar-refractivity contribution in [2.75, 3.05) is 43.4 Å². The van der Waals surface area contributed by atoms with Gasteiger partial charge in [-0.3, -0.25) is 4.90 Å². The van der Waals surface area contributed by atoms with E-state index in [0.717, 1.165) is 50.9 Å². The number of nitrogens with one attached hydrogen (secondary N) is 1. The van der Waals surface area contributed by atoms with Gasteiger partial charge in [0, 0.05) is 58.2 Å². The zero-order valence-corrected chi connectivity index (χ0v) is 26.1. The average Bonchev–Trinajstić information content (AvgIpc) is 3.60. The average molecular weight is 706 g/mol. The number of fused-ring (bicyclic) bond motifs is 4. The van der Waals surface area contributed by atoms with E-state index in [9.17, 15) is 9.65 Å². The first-order valence-corrected chi connectivity index (χ1v) is 15.8. The number of hydrogen-bond donors (Lipinski definition) is 2. The SMILES string of the molecule is Cc1cc(N)c(C#N)c(-c2c(Cl)cc3c(N4CC5CCC(C4)N5)nc(OCC45CCCN4C[C@H](F)C5)nc3c2F)c1I. The normalized spacial score (nSPS) is 27.0. The van der Waals surface area contributed by atoms with Crippen molar-refractivity contribution < 1.29 is 13.5 Å². The number of rotatable bonds is 5. The lowest BCUT2D eigenvalue weighted by molar-refractivity contribution is 0.107. The molecule has 0 amide bonds. The Hall–Kier alpha value is -2.53. The lowest BCUT2D eigenvalue weighted by atomic mass is 9.95. The lowest BCUT2D eigenvalue weighted by Gasteiger charge is -2.34. The van der Waals surface area contributed by atoms with Crippen molar-refractivity contribution in [3.63, 3.8) is 0 Å². The van der Waals surface area contributed by atoms with E-state index in [1.807, 2.05) is 6.92 Å². The number of hydrogen-bond acceptors (Lipinski definition) is 8. The number of ether oxygens (including phenoxy) is 1. The Labute approximate surface area is 261 Å². The van der Waals surface area contributed by atoms with Crippen LogP contribution >= 0.6 is 34.2 Å². The second-order valence-corrected chi connectivity index (χ2v) is 13.6. The molecule has 4 saturated heterocycles. The number of piperazine rings is 1. The van der Waals surface area contributed by atoms with E-state index in [0.29, 0.717) is 45.4 Å². The summed E-state index contributed by atoms with van der Waals surface area (Å²) in [5, 5.41) is 14.2. The van der Waals surface area contributed by atoms with Gasteiger partial charge >= 0.3 is 6.01 Å². The van der Waals surface area contributed by atoms with Gasteiger partial charge < -0.3 is 20.7 Å². The Morgan fingerprint density at radius 2 is 2.00 bits per heavy atom. The van der Waals surface area contributed by atoms with Crippen molar-refractivity contribution in [2.45, 2.75) is 62.8 Å². The zero-order valence-electron chi connectivity index (χ0n) is 23.2. The van der Waals surface area contributed by atoms with Gasteiger partial charge in [0.15, 0.2) is 5.82 Å². The maximum absolute atomic E-state index is 16.8. The molecule has 2 aromatic carbocycles. The van der Waals surface area contributed by atoms with Gasteiger partial charge in [-0.1, -0.05) is 11.6 Å². The van der Waals surface area contributed by atoms with Gasteiger partial charge in [-0.2, -0.15) is 15.2 Å². The molecule has 5 heterocycles. The Balaban J connectivity index is 1.38. The largest absolute Gasteiger partial charge is 0.461 e. The topological polar surface area (TPSA) is 103 Å². The van der Waals surface area contributed by atoms with Gasteiger partial charge in [0.25, 0.3) is 0 Å². The molecule has 0 aliphatic carbocycles. The fourth-order valence-electron chi connectivity index (χ4n) is 7.49. The van der Waals surface area contributed by atoms with Crippen molar-refractivity contribution in [1.82, 2.24) is 20.2 Å². The standard InChI is InChI=1S/C30H31ClF2IN7O/c1-15-7-22(36)20(10-35)23(26(15)34)24-21(31)8-19-27(25(24)33)38-29(39-28(19)40-12-17-3-4-18(13-40)37-17)42-14-30-5-2-6-41(30)11-16(32)9-30/h7-8,16-18,37H,2-6,9,11-14,36H2,1H3/t16-,17?,18?,30?/m1/s1. The molecule has 4 aliphatic rings. The number of aromatic nitrogens is 2. The summed E-state index contributed by atoms with van der Waals surface area (Å²) in [5.41, 5.74) is 7.53. The molecular formula is C30H31ClF2IN7O. The third-order valence-electron chi connectivity index (χ3n) is 9.43. The molecule has 42 heavy (non-hydrogen) atoms. The fourth-order valence-corrected chi connectivity index (χ4v) is 8.47. The number of nitriles is 1. The maximum atomic E-state index is 16.8. The minimum absolute atomic E-state index is 0.0537. The number of alkyl halides is 1. The zero-order chi connectivity index (χ0) is 29.3. The summed E-state index contributed by atoms with van der Waals surface area (Å²) in [5.74, 6) is -0.0934. The molecule has 12 heteroatoms. The summed E-state index contributed by atoms with van der Waals surface area (Å²) in [6.07, 6.45) is 3.48. The molecule has 0 radical (unpaired) electrons. The molecule has 3 unspecified atom stereocenters. The van der Waals surface area contributed by atoms with Crippen LogP contribution in [0.15, 0.2) is 12.1 Å². The molecule has 4 fully saturated rings. The highest BCUT2D eigenvalue weighted by Gasteiger charge is 2.49. The van der Waals surface area contributed by atoms with E-state index < -0.39 is 17.5 Å². The second-order valence-electron chi connectivity index (χ2n) is 12.1. The van der Waals surface area contributed by atoms with E-state index in [2.05, 4.69) is 48.8 Å². The van der Waals surface area contributed by atoms with Crippen LogP contribution in [-0.4, -0.2) is 71.4 Å². The first-order chi connectivity index (χ1) is 20.2. The van der Waals surface area contributed by atoms with Crippen molar-refractivity contribution in [1.29, 1.82) is 5.26 Å².